The molecule has 1 aromatic carbocycles. The number of piperazine rings is 1. The molecule has 9 nitrogen and oxygen atoms in total. The first-order chi connectivity index (χ1) is 14.0. The van der Waals surface area contributed by atoms with Gasteiger partial charge in [-0.3, -0.25) is 4.79 Å². The molecule has 0 bridgehead atoms. The molecule has 2 aromatic rings. The molecule has 1 atom stereocenters. The molecule has 29 heavy (non-hydrogen) atoms. The van der Waals surface area contributed by atoms with E-state index in [4.69, 9.17) is 16.3 Å². The minimum atomic E-state index is -0.709. The Hall–Kier alpha value is -3.07. The van der Waals surface area contributed by atoms with Gasteiger partial charge in [0.05, 0.1) is 12.1 Å². The highest BCUT2D eigenvalue weighted by molar-refractivity contribution is 6.32. The van der Waals surface area contributed by atoms with Gasteiger partial charge in [0.25, 0.3) is 0 Å². The molecule has 1 aliphatic heterocycles. The molecule has 3 amide bonds. The number of carbonyl (C=O) groups is 2. The Morgan fingerprint density at radius 1 is 1.17 bits per heavy atom. The minimum absolute atomic E-state index is 0.283. The second kappa shape index (κ2) is 9.42. The number of carbonyl (C=O) groups excluding carboxylic acids is 2. The molecule has 3 rings (SSSR count). The van der Waals surface area contributed by atoms with Gasteiger partial charge < -0.3 is 25.2 Å². The molecule has 154 valence electrons. The van der Waals surface area contributed by atoms with Crippen LogP contribution >= 0.6 is 11.6 Å². The highest BCUT2D eigenvalue weighted by Crippen LogP contribution is 2.27. The zero-order valence-electron chi connectivity index (χ0n) is 16.3. The van der Waals surface area contributed by atoms with Crippen molar-refractivity contribution < 1.29 is 14.3 Å². The quantitative estimate of drug-likeness (QED) is 0.770. The van der Waals surface area contributed by atoms with E-state index in [9.17, 15) is 9.59 Å². The Morgan fingerprint density at radius 3 is 2.48 bits per heavy atom. The van der Waals surface area contributed by atoms with Crippen molar-refractivity contribution in [1.29, 1.82) is 0 Å². The molecule has 0 aliphatic carbocycles. The maximum absolute atomic E-state index is 12.5. The Morgan fingerprint density at radius 2 is 1.86 bits per heavy atom. The topological polar surface area (TPSA) is 99.7 Å². The van der Waals surface area contributed by atoms with Gasteiger partial charge in [-0.25, -0.2) is 14.8 Å². The number of rotatable bonds is 5. The van der Waals surface area contributed by atoms with Gasteiger partial charge in [-0.15, -0.1) is 0 Å². The van der Waals surface area contributed by atoms with Crippen molar-refractivity contribution in [2.45, 2.75) is 13.0 Å². The summed E-state index contributed by atoms with van der Waals surface area (Å²) < 4.78 is 5.09. The summed E-state index contributed by atoms with van der Waals surface area (Å²) in [6, 6.07) is 5.71. The Bertz CT molecular complexity index is 858. The van der Waals surface area contributed by atoms with Crippen LogP contribution in [0.2, 0.25) is 5.02 Å². The summed E-state index contributed by atoms with van der Waals surface area (Å²) >= 11 is 6.07. The number of ether oxygens (including phenoxy) is 1. The van der Waals surface area contributed by atoms with E-state index in [1.54, 1.807) is 48.5 Å². The summed E-state index contributed by atoms with van der Waals surface area (Å²) in [6.45, 7) is 3.93. The van der Waals surface area contributed by atoms with E-state index in [0.29, 0.717) is 48.6 Å². The number of aromatic nitrogens is 2. The van der Waals surface area contributed by atoms with Crippen molar-refractivity contribution in [2.24, 2.45) is 0 Å². The summed E-state index contributed by atoms with van der Waals surface area (Å²) in [5.41, 5.74) is 0.526. The molecule has 1 saturated heterocycles. The predicted octanol–water partition coefficient (Wildman–Crippen LogP) is 2.00. The maximum Gasteiger partial charge on any atom is 0.318 e. The molecule has 1 aromatic heterocycles. The van der Waals surface area contributed by atoms with E-state index < -0.39 is 6.04 Å². The molecular formula is C19H23ClN6O3. The normalized spacial score (nSPS) is 14.9. The van der Waals surface area contributed by atoms with Crippen LogP contribution in [-0.4, -0.2) is 66.1 Å². The van der Waals surface area contributed by atoms with E-state index >= 15 is 0 Å². The summed E-state index contributed by atoms with van der Waals surface area (Å²) in [7, 11) is 1.52. The van der Waals surface area contributed by atoms with Crippen LogP contribution in [0.5, 0.6) is 5.75 Å². The van der Waals surface area contributed by atoms with Gasteiger partial charge in [-0.1, -0.05) is 11.6 Å². The second-order valence-electron chi connectivity index (χ2n) is 6.53. The van der Waals surface area contributed by atoms with Crippen molar-refractivity contribution in [2.75, 3.05) is 43.5 Å². The second-order valence-corrected chi connectivity index (χ2v) is 6.94. The lowest BCUT2D eigenvalue weighted by atomic mass is 10.2. The standard InChI is InChI=1S/C19H23ClN6O3/c1-13(17(27)24-14-4-5-16(29-2)15(20)12-14)23-19(28)26-10-8-25(9-11-26)18-21-6-3-7-22-18/h3-7,12-13H,8-11H2,1-2H3,(H,23,28)(H,24,27). The van der Waals surface area contributed by atoms with Crippen LogP contribution in [0.3, 0.4) is 0 Å². The number of halogens is 1. The average molecular weight is 419 g/mol. The lowest BCUT2D eigenvalue weighted by Crippen LogP contribution is -2.55. The van der Waals surface area contributed by atoms with Crippen LogP contribution < -0.4 is 20.3 Å². The van der Waals surface area contributed by atoms with Crippen molar-refractivity contribution in [1.82, 2.24) is 20.2 Å². The van der Waals surface area contributed by atoms with Gasteiger partial charge >= 0.3 is 6.03 Å². The van der Waals surface area contributed by atoms with Crippen LogP contribution in [0.15, 0.2) is 36.7 Å². The highest BCUT2D eigenvalue weighted by atomic mass is 35.5. The molecular weight excluding hydrogens is 396 g/mol. The third kappa shape index (κ3) is 5.26. The molecule has 0 radical (unpaired) electrons. The van der Waals surface area contributed by atoms with E-state index in [-0.39, 0.29) is 11.9 Å². The number of benzene rings is 1. The van der Waals surface area contributed by atoms with Crippen molar-refractivity contribution in [3.63, 3.8) is 0 Å². The average Bonchev–Trinajstić information content (AvgIpc) is 2.74. The Balaban J connectivity index is 1.49. The monoisotopic (exact) mass is 418 g/mol. The fourth-order valence-electron chi connectivity index (χ4n) is 2.90. The highest BCUT2D eigenvalue weighted by Gasteiger charge is 2.25. The third-order valence-corrected chi connectivity index (χ3v) is 4.85. The summed E-state index contributed by atoms with van der Waals surface area (Å²) in [5.74, 6) is 0.834. The molecule has 0 spiro atoms. The fraction of sp³-hybridized carbons (Fsp3) is 0.368. The van der Waals surface area contributed by atoms with Gasteiger partial charge in [0, 0.05) is 44.3 Å². The van der Waals surface area contributed by atoms with Gasteiger partial charge in [0.1, 0.15) is 11.8 Å². The number of hydrogen-bond donors (Lipinski definition) is 2. The maximum atomic E-state index is 12.5. The smallest absolute Gasteiger partial charge is 0.318 e. The summed E-state index contributed by atoms with van der Waals surface area (Å²) in [6.07, 6.45) is 3.38. The first-order valence-electron chi connectivity index (χ1n) is 9.19. The molecule has 10 heteroatoms. The Kier molecular flexibility index (Phi) is 6.71. The van der Waals surface area contributed by atoms with E-state index in [2.05, 4.69) is 20.6 Å². The van der Waals surface area contributed by atoms with Gasteiger partial charge in [-0.05, 0) is 31.2 Å². The van der Waals surface area contributed by atoms with Gasteiger partial charge in [0.15, 0.2) is 0 Å². The summed E-state index contributed by atoms with van der Waals surface area (Å²) in [5, 5.41) is 5.85. The lowest BCUT2D eigenvalue weighted by Gasteiger charge is -2.35. The van der Waals surface area contributed by atoms with Crippen molar-refractivity contribution in [3.05, 3.63) is 41.7 Å². The number of nitrogens with zero attached hydrogens (tertiary/aromatic N) is 4. The Labute approximate surface area is 174 Å². The number of anilines is 2. The molecule has 2 N–H and O–H groups in total. The lowest BCUT2D eigenvalue weighted by molar-refractivity contribution is -0.117. The van der Waals surface area contributed by atoms with Gasteiger partial charge in [0.2, 0.25) is 11.9 Å². The fourth-order valence-corrected chi connectivity index (χ4v) is 3.16. The van der Waals surface area contributed by atoms with Crippen LogP contribution in [0, 0.1) is 0 Å². The first-order valence-corrected chi connectivity index (χ1v) is 9.57. The van der Waals surface area contributed by atoms with Crippen molar-refractivity contribution in [3.8, 4) is 5.75 Å². The number of hydrogen-bond acceptors (Lipinski definition) is 6. The first kappa shape index (κ1) is 20.7. The van der Waals surface area contributed by atoms with E-state index in [1.165, 1.54) is 7.11 Å². The number of methoxy groups -OCH3 is 1. The third-order valence-electron chi connectivity index (χ3n) is 4.55. The predicted molar refractivity (Wildman–Crippen MR) is 110 cm³/mol. The zero-order chi connectivity index (χ0) is 20.8. The SMILES string of the molecule is COc1ccc(NC(=O)C(C)NC(=O)N2CCN(c3ncccn3)CC2)cc1Cl. The van der Waals surface area contributed by atoms with Crippen LogP contribution in [0.25, 0.3) is 0 Å². The number of amides is 3. The van der Waals surface area contributed by atoms with E-state index in [1.807, 2.05) is 4.90 Å². The molecule has 1 unspecified atom stereocenters. The van der Waals surface area contributed by atoms with Crippen LogP contribution in [0.4, 0.5) is 16.4 Å². The zero-order valence-corrected chi connectivity index (χ0v) is 17.0. The van der Waals surface area contributed by atoms with Gasteiger partial charge in [-0.2, -0.15) is 0 Å². The number of nitrogens with one attached hydrogen (secondary N) is 2. The molecule has 1 fully saturated rings. The molecule has 0 saturated carbocycles. The minimum Gasteiger partial charge on any atom is -0.495 e. The summed E-state index contributed by atoms with van der Waals surface area (Å²) in [4.78, 5) is 37.0. The van der Waals surface area contributed by atoms with Crippen LogP contribution in [-0.2, 0) is 4.79 Å². The van der Waals surface area contributed by atoms with E-state index in [0.717, 1.165) is 0 Å². The number of urea groups is 1. The largest absolute Gasteiger partial charge is 0.495 e. The molecule has 1 aliphatic rings. The van der Waals surface area contributed by atoms with Crippen molar-refractivity contribution >= 4 is 35.2 Å². The molecule has 2 heterocycles. The van der Waals surface area contributed by atoms with Crippen LogP contribution in [0.1, 0.15) is 6.92 Å².